The second kappa shape index (κ2) is 8.49. The molecule has 2 aromatic carbocycles. The van der Waals surface area contributed by atoms with Crippen molar-refractivity contribution in [2.45, 2.75) is 19.8 Å². The number of ether oxygens (including phenoxy) is 1. The molecular weight excluding hydrogens is 384 g/mol. The minimum atomic E-state index is -0.0707. The van der Waals surface area contributed by atoms with Crippen LogP contribution in [0, 0.1) is 0 Å². The summed E-state index contributed by atoms with van der Waals surface area (Å²) in [7, 11) is 0. The largest absolute Gasteiger partial charge is 0.494 e. The van der Waals surface area contributed by atoms with Crippen LogP contribution in [0.3, 0.4) is 0 Å². The molecule has 4 rings (SSSR count). The Hall–Kier alpha value is -3.12. The summed E-state index contributed by atoms with van der Waals surface area (Å²) in [5, 5.41) is 4.87. The number of benzene rings is 2. The van der Waals surface area contributed by atoms with Crippen LogP contribution in [-0.4, -0.2) is 25.0 Å². The Bertz CT molecular complexity index is 1010. The number of anilines is 2. The van der Waals surface area contributed by atoms with Gasteiger partial charge in [0.15, 0.2) is 0 Å². The van der Waals surface area contributed by atoms with Crippen LogP contribution in [0.25, 0.3) is 0 Å². The number of amides is 2. The summed E-state index contributed by atoms with van der Waals surface area (Å²) in [4.78, 5) is 27.6. The number of carbonyl (C=O) groups excluding carboxylic acids is 2. The van der Waals surface area contributed by atoms with Gasteiger partial charge in [0.25, 0.3) is 5.91 Å². The van der Waals surface area contributed by atoms with Gasteiger partial charge in [0, 0.05) is 17.9 Å². The third-order valence-electron chi connectivity index (χ3n) is 4.83. The Labute approximate surface area is 173 Å². The van der Waals surface area contributed by atoms with Gasteiger partial charge in [-0.05, 0) is 66.2 Å². The van der Waals surface area contributed by atoms with Crippen molar-refractivity contribution in [2.24, 2.45) is 0 Å². The number of hydrogen-bond acceptors (Lipinski definition) is 4. The highest BCUT2D eigenvalue weighted by Crippen LogP contribution is 2.32. The van der Waals surface area contributed by atoms with Crippen molar-refractivity contribution in [3.8, 4) is 5.75 Å². The third kappa shape index (κ3) is 4.32. The average molecular weight is 407 g/mol. The molecule has 29 heavy (non-hydrogen) atoms. The zero-order valence-electron chi connectivity index (χ0n) is 16.2. The molecule has 1 N–H and O–H groups in total. The smallest absolute Gasteiger partial charge is 0.268 e. The lowest BCUT2D eigenvalue weighted by atomic mass is 10.1. The normalized spacial score (nSPS) is 12.5. The second-order valence-electron chi connectivity index (χ2n) is 6.83. The first-order valence-corrected chi connectivity index (χ1v) is 10.5. The lowest BCUT2D eigenvalue weighted by Crippen LogP contribution is -2.28. The fourth-order valence-electron chi connectivity index (χ4n) is 3.48. The molecule has 0 aliphatic carbocycles. The maximum atomic E-state index is 12.7. The van der Waals surface area contributed by atoms with Gasteiger partial charge in [-0.15, -0.1) is 11.3 Å². The molecule has 0 unspecified atom stereocenters. The van der Waals surface area contributed by atoms with E-state index >= 15 is 0 Å². The molecule has 0 saturated heterocycles. The molecular formula is C23H22N2O3S. The standard InChI is InChI=1S/C23H22N2O3S/c1-2-28-19-8-5-16(6-9-19)14-22(26)24-18-7-10-20-17(15-18)11-12-25(20)23(27)21-4-3-13-29-21/h3-10,13,15H,2,11-12,14H2,1H3,(H,24,26). The first-order chi connectivity index (χ1) is 14.1. The van der Waals surface area contributed by atoms with Crippen LogP contribution < -0.4 is 15.0 Å². The van der Waals surface area contributed by atoms with Crippen LogP contribution in [0.5, 0.6) is 5.75 Å². The topological polar surface area (TPSA) is 58.6 Å². The lowest BCUT2D eigenvalue weighted by Gasteiger charge is -2.16. The van der Waals surface area contributed by atoms with Crippen LogP contribution in [-0.2, 0) is 17.6 Å². The molecule has 2 amide bonds. The van der Waals surface area contributed by atoms with Gasteiger partial charge in [-0.3, -0.25) is 9.59 Å². The van der Waals surface area contributed by atoms with Crippen LogP contribution in [0.15, 0.2) is 60.0 Å². The number of hydrogen-bond donors (Lipinski definition) is 1. The van der Waals surface area contributed by atoms with E-state index in [1.165, 1.54) is 11.3 Å². The summed E-state index contributed by atoms with van der Waals surface area (Å²) in [5.41, 5.74) is 3.69. The molecule has 2 heterocycles. The monoisotopic (exact) mass is 406 g/mol. The highest BCUT2D eigenvalue weighted by Gasteiger charge is 2.26. The van der Waals surface area contributed by atoms with Gasteiger partial charge in [-0.25, -0.2) is 0 Å². The van der Waals surface area contributed by atoms with Crippen LogP contribution in [0.4, 0.5) is 11.4 Å². The van der Waals surface area contributed by atoms with E-state index in [-0.39, 0.29) is 11.8 Å². The van der Waals surface area contributed by atoms with Crippen molar-refractivity contribution < 1.29 is 14.3 Å². The van der Waals surface area contributed by atoms with E-state index in [4.69, 9.17) is 4.74 Å². The minimum absolute atomic E-state index is 0.0334. The summed E-state index contributed by atoms with van der Waals surface area (Å²) in [6.07, 6.45) is 1.08. The van der Waals surface area contributed by atoms with Crippen molar-refractivity contribution in [1.82, 2.24) is 0 Å². The van der Waals surface area contributed by atoms with E-state index in [0.717, 1.165) is 39.5 Å². The first-order valence-electron chi connectivity index (χ1n) is 9.64. The Morgan fingerprint density at radius 3 is 2.69 bits per heavy atom. The summed E-state index contributed by atoms with van der Waals surface area (Å²) in [6.45, 7) is 3.22. The van der Waals surface area contributed by atoms with Crippen LogP contribution in [0.1, 0.15) is 27.7 Å². The first kappa shape index (κ1) is 19.2. The molecule has 0 saturated carbocycles. The van der Waals surface area contributed by atoms with Gasteiger partial charge in [0.1, 0.15) is 5.75 Å². The van der Waals surface area contributed by atoms with E-state index in [2.05, 4.69) is 5.32 Å². The maximum Gasteiger partial charge on any atom is 0.268 e. The molecule has 5 nitrogen and oxygen atoms in total. The van der Waals surface area contributed by atoms with Crippen molar-refractivity contribution in [2.75, 3.05) is 23.4 Å². The molecule has 6 heteroatoms. The molecule has 0 spiro atoms. The Morgan fingerprint density at radius 1 is 1.14 bits per heavy atom. The Balaban J connectivity index is 1.40. The van der Waals surface area contributed by atoms with Gasteiger partial charge in [0.05, 0.1) is 17.9 Å². The predicted octanol–water partition coefficient (Wildman–Crippen LogP) is 4.53. The zero-order valence-corrected chi connectivity index (χ0v) is 17.0. The highest BCUT2D eigenvalue weighted by atomic mass is 32.1. The number of carbonyl (C=O) groups is 2. The van der Waals surface area contributed by atoms with Crippen LogP contribution >= 0.6 is 11.3 Å². The molecule has 0 bridgehead atoms. The van der Waals surface area contributed by atoms with E-state index in [0.29, 0.717) is 19.6 Å². The van der Waals surface area contributed by atoms with Crippen LogP contribution in [0.2, 0.25) is 0 Å². The number of nitrogens with one attached hydrogen (secondary N) is 1. The minimum Gasteiger partial charge on any atom is -0.494 e. The number of rotatable bonds is 6. The van der Waals surface area contributed by atoms with E-state index in [1.54, 1.807) is 0 Å². The fraction of sp³-hybridized carbons (Fsp3) is 0.217. The summed E-state index contributed by atoms with van der Waals surface area (Å²) < 4.78 is 5.43. The quantitative estimate of drug-likeness (QED) is 0.654. The summed E-state index contributed by atoms with van der Waals surface area (Å²) >= 11 is 1.45. The molecule has 1 aliphatic rings. The third-order valence-corrected chi connectivity index (χ3v) is 5.69. The molecule has 1 aromatic heterocycles. The van der Waals surface area contributed by atoms with E-state index < -0.39 is 0 Å². The van der Waals surface area contributed by atoms with Gasteiger partial charge in [-0.2, -0.15) is 0 Å². The Morgan fingerprint density at radius 2 is 1.97 bits per heavy atom. The van der Waals surface area contributed by atoms with Gasteiger partial charge in [0.2, 0.25) is 5.91 Å². The highest BCUT2D eigenvalue weighted by molar-refractivity contribution is 7.12. The summed E-state index contributed by atoms with van der Waals surface area (Å²) in [5.74, 6) is 0.765. The van der Waals surface area contributed by atoms with Gasteiger partial charge in [-0.1, -0.05) is 18.2 Å². The average Bonchev–Trinajstić information content (AvgIpc) is 3.39. The number of thiophene rings is 1. The molecule has 0 fully saturated rings. The zero-order chi connectivity index (χ0) is 20.2. The summed E-state index contributed by atoms with van der Waals surface area (Å²) in [6, 6.07) is 17.0. The Kier molecular flexibility index (Phi) is 5.62. The van der Waals surface area contributed by atoms with Gasteiger partial charge >= 0.3 is 0 Å². The molecule has 1 aliphatic heterocycles. The SMILES string of the molecule is CCOc1ccc(CC(=O)Nc2ccc3c(c2)CCN3C(=O)c2cccs2)cc1. The molecule has 3 aromatic rings. The van der Waals surface area contributed by atoms with Gasteiger partial charge < -0.3 is 15.0 Å². The van der Waals surface area contributed by atoms with E-state index in [1.807, 2.05) is 71.8 Å². The lowest BCUT2D eigenvalue weighted by molar-refractivity contribution is -0.115. The van der Waals surface area contributed by atoms with E-state index in [9.17, 15) is 9.59 Å². The maximum absolute atomic E-state index is 12.7. The van der Waals surface area contributed by atoms with Crippen molar-refractivity contribution in [1.29, 1.82) is 0 Å². The molecule has 148 valence electrons. The number of fused-ring (bicyclic) bond motifs is 1. The predicted molar refractivity (Wildman–Crippen MR) is 116 cm³/mol. The number of nitrogens with zero attached hydrogens (tertiary/aromatic N) is 1. The van der Waals surface area contributed by atoms with Crippen molar-refractivity contribution in [3.63, 3.8) is 0 Å². The molecule has 0 atom stereocenters. The second-order valence-corrected chi connectivity index (χ2v) is 7.78. The fourth-order valence-corrected chi connectivity index (χ4v) is 4.16. The van der Waals surface area contributed by atoms with Crippen molar-refractivity contribution in [3.05, 3.63) is 76.0 Å². The van der Waals surface area contributed by atoms with Crippen molar-refractivity contribution >= 4 is 34.5 Å². The molecule has 0 radical (unpaired) electrons.